The molecule has 0 spiro atoms. The third kappa shape index (κ3) is 6.22. The number of carbonyl (C=O) groups is 2. The maximum Gasteiger partial charge on any atom is 0.416 e. The lowest BCUT2D eigenvalue weighted by molar-refractivity contribution is -0.139. The molecule has 1 amide bonds. The number of methoxy groups -OCH3 is 1. The first-order chi connectivity index (χ1) is 17.9. The van der Waals surface area contributed by atoms with E-state index in [1.165, 1.54) is 25.3 Å². The van der Waals surface area contributed by atoms with Crippen molar-refractivity contribution < 1.29 is 37.3 Å². The highest BCUT2D eigenvalue weighted by Gasteiger charge is 2.38. The van der Waals surface area contributed by atoms with Gasteiger partial charge in [0.25, 0.3) is 5.91 Å². The highest BCUT2D eigenvalue weighted by atomic mass is 35.5. The second-order valence-corrected chi connectivity index (χ2v) is 9.89. The molecule has 3 aromatic rings. The molecule has 1 aliphatic heterocycles. The van der Waals surface area contributed by atoms with Gasteiger partial charge in [0.1, 0.15) is 12.1 Å². The first-order valence-corrected chi connectivity index (χ1v) is 12.1. The second-order valence-electron chi connectivity index (χ2n) is 9.45. The fraction of sp³-hybridized carbons (Fsp3) is 0.286. The Morgan fingerprint density at radius 2 is 1.82 bits per heavy atom. The van der Waals surface area contributed by atoms with Crippen LogP contribution < -0.4 is 9.47 Å². The number of carboxylic acids is 1. The number of rotatable bonds is 8. The lowest BCUT2D eigenvalue weighted by atomic mass is 9.91. The van der Waals surface area contributed by atoms with Gasteiger partial charge < -0.3 is 19.5 Å². The molecule has 200 valence electrons. The summed E-state index contributed by atoms with van der Waals surface area (Å²) in [6.07, 6.45) is -3.55. The van der Waals surface area contributed by atoms with E-state index in [4.69, 9.17) is 21.1 Å². The molecule has 1 heterocycles. The minimum absolute atomic E-state index is 0.146. The lowest BCUT2D eigenvalue weighted by Crippen LogP contribution is -2.35. The molecule has 38 heavy (non-hydrogen) atoms. The van der Waals surface area contributed by atoms with Gasteiger partial charge in [-0.25, -0.2) is 0 Å². The van der Waals surface area contributed by atoms with E-state index in [9.17, 15) is 27.9 Å². The summed E-state index contributed by atoms with van der Waals surface area (Å²) in [5.74, 6) is -1.15. The summed E-state index contributed by atoms with van der Waals surface area (Å²) >= 11 is 5.99. The Morgan fingerprint density at radius 1 is 1.11 bits per heavy atom. The largest absolute Gasteiger partial charge is 0.493 e. The molecular formula is C28H25ClF3NO5. The number of carbonyl (C=O) groups excluding carboxylic acids is 1. The van der Waals surface area contributed by atoms with E-state index in [2.05, 4.69) is 0 Å². The first kappa shape index (κ1) is 27.3. The summed E-state index contributed by atoms with van der Waals surface area (Å²) in [6, 6.07) is 14.9. The number of fused-ring (bicyclic) bond motifs is 1. The monoisotopic (exact) mass is 547 g/mol. The van der Waals surface area contributed by atoms with Gasteiger partial charge in [-0.05, 0) is 54.4 Å². The van der Waals surface area contributed by atoms with Crippen molar-refractivity contribution in [3.8, 4) is 11.5 Å². The number of nitrogens with zero attached hydrogens (tertiary/aromatic N) is 1. The van der Waals surface area contributed by atoms with E-state index in [1.807, 2.05) is 19.1 Å². The molecule has 1 atom stereocenters. The summed E-state index contributed by atoms with van der Waals surface area (Å²) in [7, 11) is 1.43. The van der Waals surface area contributed by atoms with E-state index in [-0.39, 0.29) is 17.7 Å². The van der Waals surface area contributed by atoms with Crippen molar-refractivity contribution in [2.75, 3.05) is 13.7 Å². The molecule has 0 bridgehead atoms. The molecule has 0 radical (unpaired) electrons. The Morgan fingerprint density at radius 3 is 2.45 bits per heavy atom. The molecule has 0 unspecified atom stereocenters. The quantitative estimate of drug-likeness (QED) is 0.373. The topological polar surface area (TPSA) is 76.1 Å². The van der Waals surface area contributed by atoms with Crippen LogP contribution in [0.2, 0.25) is 5.02 Å². The van der Waals surface area contributed by atoms with Crippen LogP contribution in [-0.2, 0) is 30.4 Å². The third-order valence-corrected chi connectivity index (χ3v) is 6.50. The van der Waals surface area contributed by atoms with Gasteiger partial charge in [-0.15, -0.1) is 0 Å². The molecule has 1 aliphatic rings. The van der Waals surface area contributed by atoms with Gasteiger partial charge in [0, 0.05) is 35.5 Å². The maximum atomic E-state index is 13.5. The minimum atomic E-state index is -4.57. The molecule has 0 saturated heterocycles. The Bertz CT molecular complexity index is 1360. The molecule has 0 aliphatic carbocycles. The molecule has 0 fully saturated rings. The minimum Gasteiger partial charge on any atom is -0.493 e. The van der Waals surface area contributed by atoms with Crippen LogP contribution in [0.25, 0.3) is 0 Å². The van der Waals surface area contributed by atoms with Crippen molar-refractivity contribution in [2.24, 2.45) is 0 Å². The number of hydrogen-bond donors (Lipinski definition) is 1. The van der Waals surface area contributed by atoms with Crippen LogP contribution in [0, 0.1) is 0 Å². The number of hydrogen-bond acceptors (Lipinski definition) is 4. The summed E-state index contributed by atoms with van der Waals surface area (Å²) in [5, 5.41) is 10.0. The molecule has 6 nitrogen and oxygen atoms in total. The Labute approximate surface area is 222 Å². The molecule has 0 saturated carbocycles. The zero-order valence-corrected chi connectivity index (χ0v) is 21.4. The Kier molecular flexibility index (Phi) is 7.60. The summed E-state index contributed by atoms with van der Waals surface area (Å²) in [5.41, 5.74) is 0.500. The average molecular weight is 548 g/mol. The molecule has 4 rings (SSSR count). The number of ether oxygens (including phenoxy) is 2. The Balaban J connectivity index is 1.61. The van der Waals surface area contributed by atoms with Gasteiger partial charge in [-0.3, -0.25) is 9.59 Å². The van der Waals surface area contributed by atoms with Crippen molar-refractivity contribution in [1.82, 2.24) is 4.90 Å². The number of amides is 1. The number of alkyl halides is 3. The van der Waals surface area contributed by atoms with E-state index in [0.29, 0.717) is 34.9 Å². The van der Waals surface area contributed by atoms with Crippen molar-refractivity contribution >= 4 is 23.5 Å². The van der Waals surface area contributed by atoms with Gasteiger partial charge in [0.15, 0.2) is 11.5 Å². The van der Waals surface area contributed by atoms with Crippen LogP contribution in [0.5, 0.6) is 11.5 Å². The second kappa shape index (κ2) is 10.6. The molecule has 10 heteroatoms. The lowest BCUT2D eigenvalue weighted by Gasteiger charge is -2.24. The van der Waals surface area contributed by atoms with Crippen molar-refractivity contribution in [1.29, 1.82) is 0 Å². The van der Waals surface area contributed by atoms with Gasteiger partial charge in [-0.2, -0.15) is 13.2 Å². The predicted octanol–water partition coefficient (Wildman–Crippen LogP) is 6.03. The highest BCUT2D eigenvalue weighted by Crippen LogP contribution is 2.44. The van der Waals surface area contributed by atoms with E-state index in [0.717, 1.165) is 22.6 Å². The predicted molar refractivity (Wildman–Crippen MR) is 135 cm³/mol. The standard InChI is InChI=1S/C28H25ClF3NO5/c1-27(13-17-6-8-22(29)9-7-17)14-20-11-19(12-23(37-2)25(20)38-27)26(36)33(16-24(34)35)15-18-4-3-5-21(10-18)28(30,31)32/h3-12H,13-16H2,1-2H3,(H,34,35)/t27-/m1/s1. The van der Waals surface area contributed by atoms with Crippen LogP contribution in [-0.4, -0.2) is 41.1 Å². The number of aliphatic carboxylic acids is 1. The number of benzene rings is 3. The smallest absolute Gasteiger partial charge is 0.416 e. The zero-order valence-electron chi connectivity index (χ0n) is 20.6. The zero-order chi connectivity index (χ0) is 27.7. The van der Waals surface area contributed by atoms with Crippen molar-refractivity contribution in [3.05, 3.63) is 93.5 Å². The fourth-order valence-corrected chi connectivity index (χ4v) is 4.74. The average Bonchev–Trinajstić information content (AvgIpc) is 3.19. The van der Waals surface area contributed by atoms with Crippen LogP contribution >= 0.6 is 11.6 Å². The normalized spacial score (nSPS) is 16.5. The van der Waals surface area contributed by atoms with Crippen LogP contribution in [0.15, 0.2) is 60.7 Å². The van der Waals surface area contributed by atoms with E-state index >= 15 is 0 Å². The third-order valence-electron chi connectivity index (χ3n) is 6.24. The Hall–Kier alpha value is -3.72. The summed E-state index contributed by atoms with van der Waals surface area (Å²) in [6.45, 7) is 0.922. The van der Waals surface area contributed by atoms with Crippen molar-refractivity contribution in [2.45, 2.75) is 38.1 Å². The molecule has 3 aromatic carbocycles. The molecule has 1 N–H and O–H groups in total. The van der Waals surface area contributed by atoms with Gasteiger partial charge >= 0.3 is 12.1 Å². The summed E-state index contributed by atoms with van der Waals surface area (Å²) in [4.78, 5) is 26.0. The van der Waals surface area contributed by atoms with E-state index < -0.39 is 35.8 Å². The number of carboxylic acid groups (broad SMARTS) is 1. The number of halogens is 4. The van der Waals surface area contributed by atoms with E-state index in [1.54, 1.807) is 18.2 Å². The van der Waals surface area contributed by atoms with Crippen molar-refractivity contribution in [3.63, 3.8) is 0 Å². The molecular weight excluding hydrogens is 523 g/mol. The van der Waals surface area contributed by atoms with Crippen LogP contribution in [0.3, 0.4) is 0 Å². The van der Waals surface area contributed by atoms with Gasteiger partial charge in [0.05, 0.1) is 12.7 Å². The molecule has 0 aromatic heterocycles. The van der Waals surface area contributed by atoms with Crippen LogP contribution in [0.4, 0.5) is 13.2 Å². The summed E-state index contributed by atoms with van der Waals surface area (Å²) < 4.78 is 51.2. The highest BCUT2D eigenvalue weighted by molar-refractivity contribution is 6.30. The maximum absolute atomic E-state index is 13.5. The SMILES string of the molecule is COc1cc(C(=O)N(CC(=O)O)Cc2cccc(C(F)(F)F)c2)cc2c1O[C@](C)(Cc1ccc(Cl)cc1)C2. The fourth-order valence-electron chi connectivity index (χ4n) is 4.61. The van der Waals surface area contributed by atoms with Gasteiger partial charge in [0.2, 0.25) is 0 Å². The first-order valence-electron chi connectivity index (χ1n) is 11.7. The van der Waals surface area contributed by atoms with Crippen LogP contribution in [0.1, 0.15) is 39.5 Å². The van der Waals surface area contributed by atoms with Gasteiger partial charge in [-0.1, -0.05) is 35.9 Å².